The zero-order chi connectivity index (χ0) is 21.3. The predicted molar refractivity (Wildman–Crippen MR) is 111 cm³/mol. The number of carbonyl (C=O) groups excluding carboxylic acids is 2. The Kier molecular flexibility index (Phi) is 8.21. The molecule has 0 fully saturated rings. The lowest BCUT2D eigenvalue weighted by atomic mass is 10.2. The van der Waals surface area contributed by atoms with Gasteiger partial charge >= 0.3 is 5.97 Å². The largest absolute Gasteiger partial charge is 0.469 e. The Morgan fingerprint density at radius 3 is 2.24 bits per heavy atom. The molecular weight excluding hydrogens is 392 g/mol. The first kappa shape index (κ1) is 22.4. The molecule has 7 nitrogen and oxygen atoms in total. The molecule has 0 aliphatic heterocycles. The first-order valence-corrected chi connectivity index (χ1v) is 10.8. The molecule has 0 saturated carbocycles. The Morgan fingerprint density at radius 1 is 0.966 bits per heavy atom. The average molecular weight is 419 g/mol. The molecule has 0 unspecified atom stereocenters. The molecule has 2 aromatic carbocycles. The highest BCUT2D eigenvalue weighted by atomic mass is 32.2. The quantitative estimate of drug-likeness (QED) is 0.473. The Morgan fingerprint density at radius 2 is 1.62 bits per heavy atom. The Bertz CT molecular complexity index is 912. The number of ether oxygens (including phenoxy) is 1. The molecule has 0 spiro atoms. The van der Waals surface area contributed by atoms with Gasteiger partial charge in [-0.15, -0.1) is 0 Å². The van der Waals surface area contributed by atoms with Crippen LogP contribution in [0, 0.1) is 0 Å². The minimum atomic E-state index is -3.71. The molecule has 1 N–H and O–H groups in total. The highest BCUT2D eigenvalue weighted by Crippen LogP contribution is 2.21. The third-order valence-electron chi connectivity index (χ3n) is 4.47. The number of nitrogens with one attached hydrogen (secondary N) is 1. The van der Waals surface area contributed by atoms with Crippen LogP contribution in [0.15, 0.2) is 59.5 Å². The van der Waals surface area contributed by atoms with Gasteiger partial charge < -0.3 is 10.1 Å². The molecule has 0 heterocycles. The number of amides is 1. The van der Waals surface area contributed by atoms with E-state index in [0.717, 1.165) is 12.8 Å². The number of esters is 1. The van der Waals surface area contributed by atoms with Crippen molar-refractivity contribution < 1.29 is 22.7 Å². The number of benzene rings is 2. The van der Waals surface area contributed by atoms with Gasteiger partial charge in [-0.25, -0.2) is 8.42 Å². The maximum atomic E-state index is 12.7. The van der Waals surface area contributed by atoms with E-state index in [2.05, 4.69) is 10.1 Å². The van der Waals surface area contributed by atoms with E-state index in [1.54, 1.807) is 24.3 Å². The van der Waals surface area contributed by atoms with Crippen molar-refractivity contribution in [3.8, 4) is 0 Å². The van der Waals surface area contributed by atoms with E-state index >= 15 is 0 Å². The van der Waals surface area contributed by atoms with Gasteiger partial charge in [0.05, 0.1) is 17.7 Å². The van der Waals surface area contributed by atoms with Crippen LogP contribution in [-0.2, 0) is 19.6 Å². The van der Waals surface area contributed by atoms with E-state index in [4.69, 9.17) is 0 Å². The SMILES string of the molecule is COC(=O)CCCCCNC(=O)c1ccc(S(=O)(=O)N(C)c2ccccc2)cc1. The van der Waals surface area contributed by atoms with Crippen molar-refractivity contribution >= 4 is 27.6 Å². The van der Waals surface area contributed by atoms with Crippen LogP contribution in [0.25, 0.3) is 0 Å². The van der Waals surface area contributed by atoms with Crippen molar-refractivity contribution in [1.82, 2.24) is 5.32 Å². The molecule has 0 atom stereocenters. The smallest absolute Gasteiger partial charge is 0.305 e. The molecule has 8 heteroatoms. The number of methoxy groups -OCH3 is 1. The number of unbranched alkanes of at least 4 members (excludes halogenated alkanes) is 2. The highest BCUT2D eigenvalue weighted by molar-refractivity contribution is 7.92. The molecule has 0 bridgehead atoms. The fourth-order valence-electron chi connectivity index (χ4n) is 2.69. The summed E-state index contributed by atoms with van der Waals surface area (Å²) in [6.07, 6.45) is 2.64. The summed E-state index contributed by atoms with van der Waals surface area (Å²) in [6.45, 7) is 0.483. The maximum Gasteiger partial charge on any atom is 0.305 e. The fraction of sp³-hybridized carbons (Fsp3) is 0.333. The number of sulfonamides is 1. The van der Waals surface area contributed by atoms with Gasteiger partial charge in [-0.2, -0.15) is 0 Å². The normalized spacial score (nSPS) is 11.0. The van der Waals surface area contributed by atoms with Crippen molar-refractivity contribution in [3.63, 3.8) is 0 Å². The van der Waals surface area contributed by atoms with Crippen molar-refractivity contribution in [2.24, 2.45) is 0 Å². The van der Waals surface area contributed by atoms with Crippen molar-refractivity contribution in [1.29, 1.82) is 0 Å². The molecule has 0 radical (unpaired) electrons. The number of anilines is 1. The maximum absolute atomic E-state index is 12.7. The molecular formula is C21H26N2O5S. The van der Waals surface area contributed by atoms with Crippen LogP contribution in [0.1, 0.15) is 36.0 Å². The number of nitrogens with zero attached hydrogens (tertiary/aromatic N) is 1. The molecule has 0 aromatic heterocycles. The van der Waals surface area contributed by atoms with E-state index in [1.165, 1.54) is 42.7 Å². The number of hydrogen-bond acceptors (Lipinski definition) is 5. The molecule has 2 aromatic rings. The molecule has 156 valence electrons. The topological polar surface area (TPSA) is 92.8 Å². The van der Waals surface area contributed by atoms with Gasteiger partial charge in [-0.05, 0) is 49.2 Å². The summed E-state index contributed by atoms with van der Waals surface area (Å²) in [5.74, 6) is -0.500. The fourth-order valence-corrected chi connectivity index (χ4v) is 3.89. The second-order valence-electron chi connectivity index (χ2n) is 6.48. The summed E-state index contributed by atoms with van der Waals surface area (Å²) >= 11 is 0. The minimum absolute atomic E-state index is 0.114. The number of hydrogen-bond donors (Lipinski definition) is 1. The highest BCUT2D eigenvalue weighted by Gasteiger charge is 2.21. The Labute approximate surface area is 171 Å². The van der Waals surface area contributed by atoms with Crippen LogP contribution in [0.2, 0.25) is 0 Å². The van der Waals surface area contributed by atoms with Crippen LogP contribution < -0.4 is 9.62 Å². The van der Waals surface area contributed by atoms with Crippen molar-refractivity contribution in [2.45, 2.75) is 30.6 Å². The van der Waals surface area contributed by atoms with E-state index < -0.39 is 10.0 Å². The van der Waals surface area contributed by atoms with Gasteiger partial charge in [0.15, 0.2) is 0 Å². The monoisotopic (exact) mass is 418 g/mol. The lowest BCUT2D eigenvalue weighted by Crippen LogP contribution is -2.27. The van der Waals surface area contributed by atoms with E-state index in [-0.39, 0.29) is 16.8 Å². The molecule has 29 heavy (non-hydrogen) atoms. The van der Waals surface area contributed by atoms with Crippen LogP contribution in [0.5, 0.6) is 0 Å². The summed E-state index contributed by atoms with van der Waals surface area (Å²) in [4.78, 5) is 23.3. The van der Waals surface area contributed by atoms with Crippen LogP contribution in [0.3, 0.4) is 0 Å². The van der Waals surface area contributed by atoms with Crippen LogP contribution in [0.4, 0.5) is 5.69 Å². The second-order valence-corrected chi connectivity index (χ2v) is 8.44. The average Bonchev–Trinajstić information content (AvgIpc) is 2.75. The van der Waals surface area contributed by atoms with E-state index in [9.17, 15) is 18.0 Å². The molecule has 1 amide bonds. The molecule has 0 aliphatic rings. The molecule has 0 saturated heterocycles. The summed E-state index contributed by atoms with van der Waals surface area (Å²) in [5, 5.41) is 2.79. The predicted octanol–water partition coefficient (Wildman–Crippen LogP) is 2.97. The van der Waals surface area contributed by atoms with Gasteiger partial charge in [-0.1, -0.05) is 24.6 Å². The number of rotatable bonds is 10. The van der Waals surface area contributed by atoms with Crippen molar-refractivity contribution in [2.75, 3.05) is 25.0 Å². The van der Waals surface area contributed by atoms with Gasteiger partial charge in [0.1, 0.15) is 0 Å². The zero-order valence-corrected chi connectivity index (χ0v) is 17.4. The van der Waals surface area contributed by atoms with E-state index in [0.29, 0.717) is 30.6 Å². The van der Waals surface area contributed by atoms with Gasteiger partial charge in [0.25, 0.3) is 15.9 Å². The molecule has 2 rings (SSSR count). The second kappa shape index (κ2) is 10.6. The first-order chi connectivity index (χ1) is 13.9. The summed E-state index contributed by atoms with van der Waals surface area (Å²) in [7, 11) is -0.856. The lowest BCUT2D eigenvalue weighted by Gasteiger charge is -2.19. The Hall–Kier alpha value is -2.87. The zero-order valence-electron chi connectivity index (χ0n) is 16.6. The first-order valence-electron chi connectivity index (χ1n) is 9.35. The minimum Gasteiger partial charge on any atom is -0.469 e. The standard InChI is InChI=1S/C21H26N2O5S/c1-23(18-9-5-3-6-10-18)29(26,27)19-14-12-17(13-15-19)21(25)22-16-8-4-7-11-20(24)28-2/h3,5-6,9-10,12-15H,4,7-8,11,16H2,1-2H3,(H,22,25). The lowest BCUT2D eigenvalue weighted by molar-refractivity contribution is -0.140. The van der Waals surface area contributed by atoms with E-state index in [1.807, 2.05) is 6.07 Å². The van der Waals surface area contributed by atoms with Crippen LogP contribution in [-0.4, -0.2) is 41.0 Å². The van der Waals surface area contributed by atoms with Gasteiger partial charge in [0, 0.05) is 25.6 Å². The Balaban J connectivity index is 1.89. The third-order valence-corrected chi connectivity index (χ3v) is 6.27. The molecule has 0 aliphatic carbocycles. The third kappa shape index (κ3) is 6.32. The van der Waals surface area contributed by atoms with Crippen molar-refractivity contribution in [3.05, 3.63) is 60.2 Å². The van der Waals surface area contributed by atoms with Crippen LogP contribution >= 0.6 is 0 Å². The summed E-state index contributed by atoms with van der Waals surface area (Å²) in [6, 6.07) is 14.6. The number of carbonyl (C=O) groups is 2. The summed E-state index contributed by atoms with van der Waals surface area (Å²) < 4.78 is 31.3. The van der Waals surface area contributed by atoms with Gasteiger partial charge in [0.2, 0.25) is 0 Å². The van der Waals surface area contributed by atoms with Gasteiger partial charge in [-0.3, -0.25) is 13.9 Å². The summed E-state index contributed by atoms with van der Waals surface area (Å²) in [5.41, 5.74) is 0.947. The number of para-hydroxylation sites is 1.